The second kappa shape index (κ2) is 9.50. The summed E-state index contributed by atoms with van der Waals surface area (Å²) in [4.78, 5) is 9.00. The second-order valence-corrected chi connectivity index (χ2v) is 1.20. The van der Waals surface area contributed by atoms with E-state index in [1.54, 1.807) is 0 Å². The van der Waals surface area contributed by atoms with Gasteiger partial charge in [-0.2, -0.15) is 0 Å². The fourth-order valence-corrected chi connectivity index (χ4v) is 0. The second-order valence-electron chi connectivity index (χ2n) is 0.305. The maximum absolute atomic E-state index is 9.00. The summed E-state index contributed by atoms with van der Waals surface area (Å²) in [6.45, 7) is 0. The van der Waals surface area contributed by atoms with Crippen LogP contribution in [0.5, 0.6) is 0 Å². The molecule has 0 spiro atoms. The molecule has 0 fully saturated rings. The molecule has 0 aromatic heterocycles. The van der Waals surface area contributed by atoms with Crippen molar-refractivity contribution in [2.75, 3.05) is 0 Å². The minimum absolute atomic E-state index is 0. The van der Waals surface area contributed by atoms with Crippen molar-refractivity contribution < 1.29 is 9.90 Å². The Balaban J connectivity index is -0.0000000450. The van der Waals surface area contributed by atoms with E-state index in [9.17, 15) is 0 Å². The summed E-state index contributed by atoms with van der Waals surface area (Å²) in [6, 6.07) is 0. The normalized spacial score (nSPS) is 4.17. The van der Waals surface area contributed by atoms with E-state index < -0.39 is 4.76 Å². The SMILES string of the molecule is O=C(O)[AsH].[AlH2].[GaH3]. The van der Waals surface area contributed by atoms with Crippen molar-refractivity contribution in [3.8, 4) is 0 Å². The van der Waals surface area contributed by atoms with Gasteiger partial charge < -0.3 is 0 Å². The third-order valence-electron chi connectivity index (χ3n) is 0. The topological polar surface area (TPSA) is 37.3 Å². The number of carbonyl (C=O) groups is 1. The summed E-state index contributed by atoms with van der Waals surface area (Å²) in [6.07, 6.45) is 0. The Morgan fingerprint density at radius 3 is 1.67 bits per heavy atom. The van der Waals surface area contributed by atoms with Gasteiger partial charge in [-0.3, -0.25) is 0 Å². The summed E-state index contributed by atoms with van der Waals surface area (Å²) in [7, 11) is 0. The summed E-state index contributed by atoms with van der Waals surface area (Å²) >= 11 is 1.08. The van der Waals surface area contributed by atoms with Crippen LogP contribution in [0.2, 0.25) is 0 Å². The zero-order valence-electron chi connectivity index (χ0n) is 2.86. The first-order valence-electron chi connectivity index (χ1n) is 0.678. The van der Waals surface area contributed by atoms with E-state index in [2.05, 4.69) is 0 Å². The van der Waals surface area contributed by atoms with Crippen LogP contribution in [0.3, 0.4) is 0 Å². The predicted molar refractivity (Wildman–Crippen MR) is 33.7 cm³/mol. The minimum atomic E-state index is -0.833. The third kappa shape index (κ3) is 63.9. The van der Waals surface area contributed by atoms with Crippen LogP contribution in [0, 0.1) is 0 Å². The monoisotopic (exact) mass is 222 g/mol. The van der Waals surface area contributed by atoms with E-state index in [-0.39, 0.29) is 37.2 Å². The average molecular weight is 223 g/mol. The number of carboxylic acid groups (broad SMARTS) is 1. The summed E-state index contributed by atoms with van der Waals surface area (Å²) in [5, 5.41) is 7.42. The molecule has 2 radical (unpaired) electrons. The van der Waals surface area contributed by atoms with Crippen molar-refractivity contribution in [1.82, 2.24) is 0 Å². The number of rotatable bonds is 0. The van der Waals surface area contributed by atoms with Crippen LogP contribution in [0.25, 0.3) is 0 Å². The summed E-state index contributed by atoms with van der Waals surface area (Å²) in [5.74, 6) is 0. The van der Waals surface area contributed by atoms with Gasteiger partial charge in [-0.05, 0) is 0 Å². The fourth-order valence-electron chi connectivity index (χ4n) is 0. The molecular weight excluding hydrogens is 216 g/mol. The van der Waals surface area contributed by atoms with Gasteiger partial charge in [-0.25, -0.2) is 0 Å². The Kier molecular flexibility index (Phi) is 24.8. The summed E-state index contributed by atoms with van der Waals surface area (Å²) < 4.78 is -0.833. The van der Waals surface area contributed by atoms with E-state index >= 15 is 0 Å². The van der Waals surface area contributed by atoms with Crippen LogP contribution >= 0.6 is 0 Å². The molecule has 1 N–H and O–H groups in total. The molecule has 0 atom stereocenters. The molecule has 0 amide bonds. The maximum atomic E-state index is 9.00. The first-order valence-corrected chi connectivity index (χ1v) is 1.73. The predicted octanol–water partition coefficient (Wildman–Crippen LogP) is -2.53. The molecular formula is CH7AlAsGaO2. The van der Waals surface area contributed by atoms with Crippen molar-refractivity contribution in [1.29, 1.82) is 0 Å². The van der Waals surface area contributed by atoms with Crippen LogP contribution in [0.1, 0.15) is 0 Å². The third-order valence-corrected chi connectivity index (χ3v) is 0. The average Bonchev–Trinajstić information content (AvgIpc) is 0.811. The van der Waals surface area contributed by atoms with Gasteiger partial charge in [0.05, 0.1) is 0 Å². The molecule has 0 aromatic rings. The van der Waals surface area contributed by atoms with E-state index in [1.165, 1.54) is 0 Å². The van der Waals surface area contributed by atoms with Crippen molar-refractivity contribution >= 4 is 58.8 Å². The van der Waals surface area contributed by atoms with Gasteiger partial charge in [0.25, 0.3) is 0 Å². The van der Waals surface area contributed by atoms with Crippen LogP contribution < -0.4 is 0 Å². The van der Waals surface area contributed by atoms with Gasteiger partial charge >= 0.3 is 51.3 Å². The van der Waals surface area contributed by atoms with Crippen molar-refractivity contribution in [3.05, 3.63) is 0 Å². The molecule has 0 saturated heterocycles. The van der Waals surface area contributed by atoms with Crippen LogP contribution in [-0.4, -0.2) is 63.9 Å². The molecule has 0 aliphatic carbocycles. The Morgan fingerprint density at radius 1 is 1.67 bits per heavy atom. The van der Waals surface area contributed by atoms with Gasteiger partial charge in [0.15, 0.2) is 0 Å². The molecule has 0 aliphatic rings. The molecule has 0 rings (SSSR count). The van der Waals surface area contributed by atoms with Crippen LogP contribution in [0.4, 0.5) is 4.79 Å². The molecule has 6 heavy (non-hydrogen) atoms. The van der Waals surface area contributed by atoms with E-state index in [0.29, 0.717) is 0 Å². The van der Waals surface area contributed by atoms with Crippen LogP contribution in [-0.2, 0) is 0 Å². The standard InChI is InChI=1S/CH2AsO2.Al.Ga.5H/c2-1(3)4;;;;;;;/h2H,(H,3,4);;;;;;;. The van der Waals surface area contributed by atoms with Gasteiger partial charge in [0, 0.05) is 0 Å². The van der Waals surface area contributed by atoms with Gasteiger partial charge in [-0.1, -0.05) is 0 Å². The van der Waals surface area contributed by atoms with Gasteiger partial charge in [0.1, 0.15) is 17.4 Å². The Labute approximate surface area is 68.4 Å². The zero-order valence-corrected chi connectivity index (χ0v) is 6.95. The molecule has 0 heterocycles. The molecule has 5 heteroatoms. The quantitative estimate of drug-likeness (QED) is 0.459. The Bertz CT molecular complexity index is 36.5. The molecule has 0 aromatic carbocycles. The van der Waals surface area contributed by atoms with E-state index in [4.69, 9.17) is 9.90 Å². The molecule has 0 unspecified atom stereocenters. The molecule has 0 bridgehead atoms. The van der Waals surface area contributed by atoms with Crippen LogP contribution in [0.15, 0.2) is 0 Å². The Hall–Kier alpha value is 1.20. The van der Waals surface area contributed by atoms with Crippen molar-refractivity contribution in [2.24, 2.45) is 0 Å². The first kappa shape index (κ1) is 15.7. The first-order chi connectivity index (χ1) is 1.73. The van der Waals surface area contributed by atoms with Gasteiger partial charge in [0.2, 0.25) is 0 Å². The molecule has 2 nitrogen and oxygen atoms in total. The number of hydrogen-bond donors (Lipinski definition) is 1. The van der Waals surface area contributed by atoms with Crippen molar-refractivity contribution in [2.45, 2.75) is 0 Å². The summed E-state index contributed by atoms with van der Waals surface area (Å²) in [5.41, 5.74) is 0. The van der Waals surface area contributed by atoms with Crippen molar-refractivity contribution in [3.63, 3.8) is 0 Å². The molecule has 34 valence electrons. The Morgan fingerprint density at radius 2 is 1.67 bits per heavy atom. The molecule has 0 aliphatic heterocycles. The molecule has 0 saturated carbocycles. The van der Waals surface area contributed by atoms with Gasteiger partial charge in [-0.15, -0.1) is 0 Å². The van der Waals surface area contributed by atoms with E-state index in [0.717, 1.165) is 16.9 Å². The number of hydrogen-bond acceptors (Lipinski definition) is 1. The van der Waals surface area contributed by atoms with E-state index in [1.807, 2.05) is 0 Å². The zero-order chi connectivity index (χ0) is 3.58. The fraction of sp³-hybridized carbons (Fsp3) is 0.